The first-order chi connectivity index (χ1) is 30.9. The first-order valence-electron chi connectivity index (χ1n) is 20.7. The Bertz CT molecular complexity index is 2290. The van der Waals surface area contributed by atoms with Crippen LogP contribution in [-0.4, -0.2) is 115 Å². The number of carboxylic acids is 1. The molecule has 65 heavy (non-hydrogen) atoms. The lowest BCUT2D eigenvalue weighted by molar-refractivity contribution is -0.141. The van der Waals surface area contributed by atoms with E-state index in [-0.39, 0.29) is 54.4 Å². The second kappa shape index (κ2) is 24.9. The third kappa shape index (κ3) is 16.7. The van der Waals surface area contributed by atoms with Crippen LogP contribution in [0.25, 0.3) is 0 Å². The van der Waals surface area contributed by atoms with Gasteiger partial charge in [-0.2, -0.15) is 13.5 Å². The number of carbonyl (C=O) groups excluding carboxylic acids is 6. The van der Waals surface area contributed by atoms with E-state index in [9.17, 15) is 51.6 Å². The lowest BCUT2D eigenvalue weighted by atomic mass is 9.99. The lowest BCUT2D eigenvalue weighted by Crippen LogP contribution is -2.59. The fourth-order valence-electron chi connectivity index (χ4n) is 6.39. The first-order valence-corrected chi connectivity index (χ1v) is 22.2. The lowest BCUT2D eigenvalue weighted by Gasteiger charge is -2.27. The van der Waals surface area contributed by atoms with Gasteiger partial charge in [-0.1, -0.05) is 44.2 Å². The molecule has 1 saturated heterocycles. The molecule has 4 rings (SSSR count). The van der Waals surface area contributed by atoms with Crippen molar-refractivity contribution in [3.63, 3.8) is 0 Å². The molecular formula is C42H54N10O12S. The molecule has 6 amide bonds. The van der Waals surface area contributed by atoms with E-state index >= 15 is 0 Å². The van der Waals surface area contributed by atoms with E-state index in [4.69, 9.17) is 10.5 Å². The highest BCUT2D eigenvalue weighted by atomic mass is 32.2. The zero-order valence-corrected chi connectivity index (χ0v) is 36.6. The predicted molar refractivity (Wildman–Crippen MR) is 232 cm³/mol. The molecule has 2 aromatic carbocycles. The van der Waals surface area contributed by atoms with E-state index in [1.165, 1.54) is 36.5 Å². The first kappa shape index (κ1) is 50.8. The number of hydrogen-bond donors (Lipinski definition) is 9. The number of rotatable bonds is 19. The summed E-state index contributed by atoms with van der Waals surface area (Å²) in [5.74, 6) is -5.62. The molecule has 0 aliphatic carbocycles. The van der Waals surface area contributed by atoms with E-state index in [0.717, 1.165) is 0 Å². The highest BCUT2D eigenvalue weighted by Gasteiger charge is 2.34. The number of nitrogens with one attached hydrogen (secondary N) is 6. The maximum atomic E-state index is 13.8. The standard InChI is InChI=1S/C42H54N10O12S/c1-25(2)37-42(60)50-31(41(59)49-32(21-36(54)55)39(57)46-24-35(53)48-30(40(58)51-37)9-5-6-17-43)20-26-11-14-29(15-12-26)64-19-7-18-44-38(56)28-13-16-34(45-22-28)52-47-23-27-8-3-4-10-33(27)65(61,62)63/h3-4,8,10-16,22,25,30-32,37H,5-7,9,17-21,23-24,43H2,1-2H3,(H,44,56)(H,46,57)(H,48,53)(H,49,59)(H,50,60)(H,51,58)(H,54,55)(H,61,62,63)/t30?,31-,32-,37?/m1/s1. The summed E-state index contributed by atoms with van der Waals surface area (Å²) >= 11 is 0. The van der Waals surface area contributed by atoms with Crippen molar-refractivity contribution in [2.45, 2.75) is 88.0 Å². The Hall–Kier alpha value is -6.85. The van der Waals surface area contributed by atoms with Gasteiger partial charge >= 0.3 is 5.97 Å². The maximum Gasteiger partial charge on any atom is 0.305 e. The zero-order valence-electron chi connectivity index (χ0n) is 35.8. The van der Waals surface area contributed by atoms with Crippen LogP contribution in [0.4, 0.5) is 5.82 Å². The summed E-state index contributed by atoms with van der Waals surface area (Å²) in [5, 5.41) is 32.8. The van der Waals surface area contributed by atoms with E-state index in [2.05, 4.69) is 47.1 Å². The van der Waals surface area contributed by atoms with Crippen molar-refractivity contribution in [3.8, 4) is 5.75 Å². The van der Waals surface area contributed by atoms with E-state index in [1.807, 2.05) is 0 Å². The molecule has 0 spiro atoms. The van der Waals surface area contributed by atoms with Gasteiger partial charge in [0.25, 0.3) is 16.0 Å². The molecule has 3 aromatic rings. The quantitative estimate of drug-likeness (QED) is 0.0454. The van der Waals surface area contributed by atoms with Gasteiger partial charge < -0.3 is 47.5 Å². The topological polar surface area (TPSA) is 339 Å². The third-order valence-electron chi connectivity index (χ3n) is 9.83. The van der Waals surface area contributed by atoms with Crippen LogP contribution in [0.3, 0.4) is 0 Å². The Morgan fingerprint density at radius 2 is 1.58 bits per heavy atom. The predicted octanol–water partition coefficient (Wildman–Crippen LogP) is 0.682. The Labute approximate surface area is 375 Å². The van der Waals surface area contributed by atoms with Crippen LogP contribution in [0, 0.1) is 5.92 Å². The molecule has 0 saturated carbocycles. The fourth-order valence-corrected chi connectivity index (χ4v) is 7.10. The van der Waals surface area contributed by atoms with Crippen molar-refractivity contribution >= 4 is 57.3 Å². The minimum absolute atomic E-state index is 0.115. The summed E-state index contributed by atoms with van der Waals surface area (Å²) in [4.78, 5) is 94.9. The number of carboxylic acid groups (broad SMARTS) is 1. The molecule has 23 heteroatoms. The number of ether oxygens (including phenoxy) is 1. The van der Waals surface area contributed by atoms with Crippen LogP contribution in [0.2, 0.25) is 0 Å². The van der Waals surface area contributed by atoms with Gasteiger partial charge in [0.15, 0.2) is 5.82 Å². The van der Waals surface area contributed by atoms with Crippen LogP contribution in [0.15, 0.2) is 82.0 Å². The summed E-state index contributed by atoms with van der Waals surface area (Å²) in [6, 6.07) is 10.1. The molecule has 2 heterocycles. The third-order valence-corrected chi connectivity index (χ3v) is 10.8. The van der Waals surface area contributed by atoms with Crippen molar-refractivity contribution in [2.75, 3.05) is 26.2 Å². The summed E-state index contributed by atoms with van der Waals surface area (Å²) in [5.41, 5.74) is 6.66. The van der Waals surface area contributed by atoms with Crippen LogP contribution < -0.4 is 42.4 Å². The van der Waals surface area contributed by atoms with Crippen molar-refractivity contribution in [3.05, 3.63) is 83.6 Å². The van der Waals surface area contributed by atoms with Crippen molar-refractivity contribution in [2.24, 2.45) is 21.9 Å². The van der Waals surface area contributed by atoms with Gasteiger partial charge in [-0.3, -0.25) is 38.1 Å². The van der Waals surface area contributed by atoms with Gasteiger partial charge in [-0.05, 0) is 79.6 Å². The minimum Gasteiger partial charge on any atom is -0.494 e. The number of azo groups is 1. The molecule has 10 N–H and O–H groups in total. The fraction of sp³-hybridized carbons (Fsp3) is 0.429. The van der Waals surface area contributed by atoms with E-state index in [1.54, 1.807) is 44.2 Å². The molecule has 22 nitrogen and oxygen atoms in total. The Balaban J connectivity index is 1.35. The van der Waals surface area contributed by atoms with Crippen LogP contribution >= 0.6 is 0 Å². The average molecular weight is 923 g/mol. The number of unbranched alkanes of at least 4 members (excludes halogenated alkanes) is 1. The minimum atomic E-state index is -4.43. The number of pyridine rings is 1. The van der Waals surface area contributed by atoms with Crippen molar-refractivity contribution < 1.29 is 56.4 Å². The number of aliphatic carboxylic acids is 1. The largest absolute Gasteiger partial charge is 0.494 e. The van der Waals surface area contributed by atoms with Gasteiger partial charge in [0, 0.05) is 19.2 Å². The molecule has 1 aromatic heterocycles. The Morgan fingerprint density at radius 1 is 0.877 bits per heavy atom. The summed E-state index contributed by atoms with van der Waals surface area (Å²) in [6.45, 7) is 3.44. The van der Waals surface area contributed by atoms with Crippen LogP contribution in [0.1, 0.15) is 67.4 Å². The highest BCUT2D eigenvalue weighted by Crippen LogP contribution is 2.18. The van der Waals surface area contributed by atoms with Gasteiger partial charge in [0.2, 0.25) is 29.5 Å². The number of carbonyl (C=O) groups is 7. The van der Waals surface area contributed by atoms with Gasteiger partial charge in [0.05, 0.1) is 36.6 Å². The summed E-state index contributed by atoms with van der Waals surface area (Å²) in [6.07, 6.45) is 2.01. The second-order valence-corrected chi connectivity index (χ2v) is 16.7. The molecule has 0 bridgehead atoms. The summed E-state index contributed by atoms with van der Waals surface area (Å²) < 4.78 is 38.4. The SMILES string of the molecule is CC(C)C1NC(=O)C(CCCCN)NC(=O)CNC(=O)[C@@H](CC(=O)O)NC(=O)[C@@H](Cc2ccc(OCCCNC(=O)c3ccc(N=NCc4ccccc4S(=O)(=O)O)nc3)cc2)NC1=O. The van der Waals surface area contributed by atoms with Crippen molar-refractivity contribution in [1.29, 1.82) is 0 Å². The number of benzene rings is 2. The number of nitrogens with two attached hydrogens (primary N) is 1. The number of hydrogen-bond acceptors (Lipinski definition) is 14. The molecule has 4 atom stereocenters. The molecular weight excluding hydrogens is 869 g/mol. The van der Waals surface area contributed by atoms with Gasteiger partial charge in [-0.25, -0.2) is 4.98 Å². The number of nitrogens with zero attached hydrogens (tertiary/aromatic N) is 3. The number of aromatic nitrogens is 1. The second-order valence-electron chi connectivity index (χ2n) is 15.3. The average Bonchev–Trinajstić information content (AvgIpc) is 3.26. The molecule has 1 aliphatic rings. The molecule has 2 unspecified atom stereocenters. The summed E-state index contributed by atoms with van der Waals surface area (Å²) in [7, 11) is -4.43. The van der Waals surface area contributed by atoms with Crippen LogP contribution in [0.5, 0.6) is 5.75 Å². The normalized spacial score (nSPS) is 18.9. The molecule has 1 fully saturated rings. The molecule has 1 aliphatic heterocycles. The smallest absolute Gasteiger partial charge is 0.305 e. The van der Waals surface area contributed by atoms with Gasteiger partial charge in [0.1, 0.15) is 29.9 Å². The van der Waals surface area contributed by atoms with Gasteiger partial charge in [-0.15, -0.1) is 5.11 Å². The maximum absolute atomic E-state index is 13.8. The van der Waals surface area contributed by atoms with Crippen LogP contribution in [-0.2, 0) is 51.9 Å². The Kier molecular flexibility index (Phi) is 19.4. The Morgan fingerprint density at radius 3 is 2.25 bits per heavy atom. The van der Waals surface area contributed by atoms with Crippen molar-refractivity contribution in [1.82, 2.24) is 36.9 Å². The van der Waals surface area contributed by atoms with E-state index < -0.39 is 94.6 Å². The molecule has 0 radical (unpaired) electrons. The zero-order chi connectivity index (χ0) is 47.5. The monoisotopic (exact) mass is 922 g/mol. The van der Waals surface area contributed by atoms with E-state index in [0.29, 0.717) is 37.1 Å². The number of amides is 6. The highest BCUT2D eigenvalue weighted by molar-refractivity contribution is 7.85. The molecule has 350 valence electrons.